The Hall–Kier alpha value is -0.560. The van der Waals surface area contributed by atoms with Gasteiger partial charge in [0.1, 0.15) is 0 Å². The molecule has 0 saturated heterocycles. The number of ether oxygens (including phenoxy) is 1. The zero-order valence-electron chi connectivity index (χ0n) is 8.80. The molecule has 1 nitrogen and oxygen atoms in total. The standard InChI is InChI=1S/C12H22O/c1-3-5-7-8-9-10-12-13-11-6-4-2/h3,5,7H,1,4,6,8-12H2,2H3. The third-order valence-electron chi connectivity index (χ3n) is 1.82. The van der Waals surface area contributed by atoms with E-state index in [0.29, 0.717) is 0 Å². The molecule has 1 heteroatoms. The van der Waals surface area contributed by atoms with Gasteiger partial charge in [-0.2, -0.15) is 0 Å². The summed E-state index contributed by atoms with van der Waals surface area (Å²) in [7, 11) is 0. The van der Waals surface area contributed by atoms with E-state index >= 15 is 0 Å². The van der Waals surface area contributed by atoms with Crippen LogP contribution in [0.4, 0.5) is 0 Å². The van der Waals surface area contributed by atoms with Crippen molar-refractivity contribution < 1.29 is 4.74 Å². The maximum atomic E-state index is 5.44. The van der Waals surface area contributed by atoms with E-state index in [2.05, 4.69) is 19.6 Å². The van der Waals surface area contributed by atoms with Crippen LogP contribution in [0.5, 0.6) is 0 Å². The van der Waals surface area contributed by atoms with Gasteiger partial charge in [-0.1, -0.05) is 38.2 Å². The second-order valence-corrected chi connectivity index (χ2v) is 3.13. The molecule has 0 fully saturated rings. The van der Waals surface area contributed by atoms with Crippen LogP contribution in [0.3, 0.4) is 0 Å². The van der Waals surface area contributed by atoms with Crippen molar-refractivity contribution in [2.75, 3.05) is 13.2 Å². The molecule has 0 aromatic rings. The fourth-order valence-corrected chi connectivity index (χ4v) is 1.01. The number of allylic oxidation sites excluding steroid dienone is 3. The quantitative estimate of drug-likeness (QED) is 0.390. The first-order valence-corrected chi connectivity index (χ1v) is 5.27. The Bertz CT molecular complexity index is 127. The van der Waals surface area contributed by atoms with Crippen LogP contribution in [0.2, 0.25) is 0 Å². The normalized spacial score (nSPS) is 10.8. The van der Waals surface area contributed by atoms with Crippen LogP contribution >= 0.6 is 0 Å². The second kappa shape index (κ2) is 11.4. The van der Waals surface area contributed by atoms with Gasteiger partial charge in [-0.05, 0) is 25.7 Å². The molecule has 0 rings (SSSR count). The van der Waals surface area contributed by atoms with Gasteiger partial charge in [-0.3, -0.25) is 0 Å². The molecule has 0 bridgehead atoms. The number of rotatable bonds is 9. The van der Waals surface area contributed by atoms with Crippen LogP contribution in [0.1, 0.15) is 39.0 Å². The smallest absolute Gasteiger partial charge is 0.0466 e. The highest BCUT2D eigenvalue weighted by Crippen LogP contribution is 1.98. The minimum absolute atomic E-state index is 0.919. The summed E-state index contributed by atoms with van der Waals surface area (Å²) in [5.74, 6) is 0. The Kier molecular flexibility index (Phi) is 10.9. The predicted octanol–water partition coefficient (Wildman–Crippen LogP) is 3.72. The Balaban J connectivity index is 2.91. The molecule has 0 aliphatic heterocycles. The summed E-state index contributed by atoms with van der Waals surface area (Å²) in [6, 6.07) is 0. The Morgan fingerprint density at radius 2 is 1.92 bits per heavy atom. The van der Waals surface area contributed by atoms with Gasteiger partial charge < -0.3 is 4.74 Å². The van der Waals surface area contributed by atoms with Gasteiger partial charge in [0, 0.05) is 13.2 Å². The topological polar surface area (TPSA) is 9.23 Å². The number of hydrogen-bond donors (Lipinski definition) is 0. The van der Waals surface area contributed by atoms with Crippen molar-refractivity contribution in [2.24, 2.45) is 0 Å². The van der Waals surface area contributed by atoms with E-state index in [1.54, 1.807) is 0 Å². The molecule has 13 heavy (non-hydrogen) atoms. The molecule has 0 aliphatic rings. The maximum absolute atomic E-state index is 5.44. The summed E-state index contributed by atoms with van der Waals surface area (Å²) in [5, 5.41) is 0. The SMILES string of the molecule is C=CC=CCCCCOCCCC. The van der Waals surface area contributed by atoms with Gasteiger partial charge in [0.2, 0.25) is 0 Å². The van der Waals surface area contributed by atoms with Gasteiger partial charge in [0.15, 0.2) is 0 Å². The van der Waals surface area contributed by atoms with E-state index in [0.717, 1.165) is 19.6 Å². The summed E-state index contributed by atoms with van der Waals surface area (Å²) >= 11 is 0. The predicted molar refractivity (Wildman–Crippen MR) is 58.9 cm³/mol. The van der Waals surface area contributed by atoms with E-state index in [4.69, 9.17) is 4.74 Å². The van der Waals surface area contributed by atoms with E-state index < -0.39 is 0 Å². The minimum Gasteiger partial charge on any atom is -0.381 e. The summed E-state index contributed by atoms with van der Waals surface area (Å²) in [5.41, 5.74) is 0. The molecule has 0 saturated carbocycles. The molecule has 0 heterocycles. The lowest BCUT2D eigenvalue weighted by atomic mass is 10.2. The summed E-state index contributed by atoms with van der Waals surface area (Å²) in [6.07, 6.45) is 11.9. The molecule has 0 aliphatic carbocycles. The van der Waals surface area contributed by atoms with Crippen molar-refractivity contribution in [3.8, 4) is 0 Å². The highest BCUT2D eigenvalue weighted by Gasteiger charge is 1.87. The third-order valence-corrected chi connectivity index (χ3v) is 1.82. The molecule has 0 atom stereocenters. The summed E-state index contributed by atoms with van der Waals surface area (Å²) in [6.45, 7) is 7.65. The lowest BCUT2D eigenvalue weighted by molar-refractivity contribution is 0.128. The number of unbranched alkanes of at least 4 members (excludes halogenated alkanes) is 3. The van der Waals surface area contributed by atoms with Crippen LogP contribution in [-0.4, -0.2) is 13.2 Å². The van der Waals surface area contributed by atoms with Crippen LogP contribution in [0.25, 0.3) is 0 Å². The number of hydrogen-bond acceptors (Lipinski definition) is 1. The minimum atomic E-state index is 0.919. The van der Waals surface area contributed by atoms with Crippen molar-refractivity contribution in [3.63, 3.8) is 0 Å². The van der Waals surface area contributed by atoms with E-state index in [9.17, 15) is 0 Å². The van der Waals surface area contributed by atoms with E-state index in [1.807, 2.05) is 12.2 Å². The van der Waals surface area contributed by atoms with Gasteiger partial charge in [-0.25, -0.2) is 0 Å². The molecule has 0 aromatic carbocycles. The van der Waals surface area contributed by atoms with E-state index in [1.165, 1.54) is 25.7 Å². The lowest BCUT2D eigenvalue weighted by Crippen LogP contribution is -1.95. The lowest BCUT2D eigenvalue weighted by Gasteiger charge is -2.01. The fourth-order valence-electron chi connectivity index (χ4n) is 1.01. The molecule has 76 valence electrons. The van der Waals surface area contributed by atoms with Crippen molar-refractivity contribution in [2.45, 2.75) is 39.0 Å². The molecule has 0 spiro atoms. The largest absolute Gasteiger partial charge is 0.381 e. The fraction of sp³-hybridized carbons (Fsp3) is 0.667. The molecule has 0 N–H and O–H groups in total. The average Bonchev–Trinajstić information content (AvgIpc) is 2.16. The van der Waals surface area contributed by atoms with Gasteiger partial charge in [0.25, 0.3) is 0 Å². The molecule has 0 amide bonds. The van der Waals surface area contributed by atoms with Crippen molar-refractivity contribution in [1.82, 2.24) is 0 Å². The first kappa shape index (κ1) is 12.4. The molecule has 0 unspecified atom stereocenters. The van der Waals surface area contributed by atoms with Gasteiger partial charge >= 0.3 is 0 Å². The molecule has 0 radical (unpaired) electrons. The van der Waals surface area contributed by atoms with Crippen molar-refractivity contribution in [1.29, 1.82) is 0 Å². The zero-order valence-corrected chi connectivity index (χ0v) is 8.80. The van der Waals surface area contributed by atoms with E-state index in [-0.39, 0.29) is 0 Å². The first-order valence-electron chi connectivity index (χ1n) is 5.27. The Labute approximate surface area is 82.5 Å². The maximum Gasteiger partial charge on any atom is 0.0466 e. The highest BCUT2D eigenvalue weighted by atomic mass is 16.5. The molecular weight excluding hydrogens is 160 g/mol. The van der Waals surface area contributed by atoms with Crippen LogP contribution in [0, 0.1) is 0 Å². The monoisotopic (exact) mass is 182 g/mol. The van der Waals surface area contributed by atoms with Crippen LogP contribution < -0.4 is 0 Å². The first-order chi connectivity index (χ1) is 6.41. The van der Waals surface area contributed by atoms with Gasteiger partial charge in [0.05, 0.1) is 0 Å². The van der Waals surface area contributed by atoms with Crippen molar-refractivity contribution in [3.05, 3.63) is 24.8 Å². The summed E-state index contributed by atoms with van der Waals surface area (Å²) < 4.78 is 5.44. The second-order valence-electron chi connectivity index (χ2n) is 3.13. The van der Waals surface area contributed by atoms with Crippen LogP contribution in [-0.2, 0) is 4.74 Å². The van der Waals surface area contributed by atoms with Crippen LogP contribution in [0.15, 0.2) is 24.8 Å². The van der Waals surface area contributed by atoms with Gasteiger partial charge in [-0.15, -0.1) is 0 Å². The summed E-state index contributed by atoms with van der Waals surface area (Å²) in [4.78, 5) is 0. The Morgan fingerprint density at radius 1 is 1.15 bits per heavy atom. The average molecular weight is 182 g/mol. The zero-order chi connectivity index (χ0) is 9.78. The highest BCUT2D eigenvalue weighted by molar-refractivity contribution is 4.96. The third kappa shape index (κ3) is 11.4. The Morgan fingerprint density at radius 3 is 2.62 bits per heavy atom. The molecule has 0 aromatic heterocycles. The van der Waals surface area contributed by atoms with Crippen molar-refractivity contribution >= 4 is 0 Å². The molecular formula is C12H22O.